The van der Waals surface area contributed by atoms with Crippen molar-refractivity contribution >= 4 is 5.78 Å². The first-order valence-corrected chi connectivity index (χ1v) is 7.00. The molecule has 0 spiro atoms. The molecule has 2 aliphatic rings. The van der Waals surface area contributed by atoms with E-state index in [2.05, 4.69) is 16.0 Å². The number of likely N-dealkylation sites (tertiary alicyclic amines) is 1. The average Bonchev–Trinajstić information content (AvgIpc) is 2.99. The standard InChI is InChI=1S/C15H20N2O/c18-15-7-1-5-13(15)14-6-3-9-17(14)11-12-4-2-8-16-10-12/h2,4,8,10,13-14H,1,3,5-7,9,11H2. The van der Waals surface area contributed by atoms with Crippen LogP contribution >= 0.6 is 0 Å². The van der Waals surface area contributed by atoms with Gasteiger partial charge in [0.2, 0.25) is 0 Å². The van der Waals surface area contributed by atoms with Gasteiger partial charge in [0.25, 0.3) is 0 Å². The van der Waals surface area contributed by atoms with Crippen molar-refractivity contribution in [1.82, 2.24) is 9.88 Å². The van der Waals surface area contributed by atoms with E-state index >= 15 is 0 Å². The van der Waals surface area contributed by atoms with Crippen molar-refractivity contribution in [2.45, 2.75) is 44.7 Å². The minimum Gasteiger partial charge on any atom is -0.299 e. The van der Waals surface area contributed by atoms with Crippen molar-refractivity contribution in [3.8, 4) is 0 Å². The lowest BCUT2D eigenvalue weighted by Gasteiger charge is -2.28. The third-order valence-electron chi connectivity index (χ3n) is 4.34. The molecule has 2 atom stereocenters. The maximum atomic E-state index is 11.9. The maximum Gasteiger partial charge on any atom is 0.137 e. The largest absolute Gasteiger partial charge is 0.299 e. The highest BCUT2D eigenvalue weighted by atomic mass is 16.1. The van der Waals surface area contributed by atoms with Crippen LogP contribution in [0.15, 0.2) is 24.5 Å². The van der Waals surface area contributed by atoms with E-state index in [-0.39, 0.29) is 0 Å². The Labute approximate surface area is 108 Å². The van der Waals surface area contributed by atoms with Gasteiger partial charge in [0.1, 0.15) is 5.78 Å². The van der Waals surface area contributed by atoms with Crippen LogP contribution in [0.5, 0.6) is 0 Å². The van der Waals surface area contributed by atoms with E-state index < -0.39 is 0 Å². The summed E-state index contributed by atoms with van der Waals surface area (Å²) < 4.78 is 0. The molecule has 0 radical (unpaired) electrons. The lowest BCUT2D eigenvalue weighted by molar-refractivity contribution is -0.122. The summed E-state index contributed by atoms with van der Waals surface area (Å²) in [5, 5.41) is 0. The van der Waals surface area contributed by atoms with Crippen molar-refractivity contribution in [2.75, 3.05) is 6.54 Å². The first-order valence-electron chi connectivity index (χ1n) is 7.00. The van der Waals surface area contributed by atoms with Gasteiger partial charge in [-0.1, -0.05) is 6.07 Å². The Hall–Kier alpha value is -1.22. The summed E-state index contributed by atoms with van der Waals surface area (Å²) in [6.07, 6.45) is 9.18. The monoisotopic (exact) mass is 244 g/mol. The summed E-state index contributed by atoms with van der Waals surface area (Å²) in [5.74, 6) is 0.808. The Morgan fingerprint density at radius 2 is 2.28 bits per heavy atom. The quantitative estimate of drug-likeness (QED) is 0.818. The second kappa shape index (κ2) is 5.19. The third kappa shape index (κ3) is 2.32. The molecule has 1 aromatic rings. The van der Waals surface area contributed by atoms with E-state index in [4.69, 9.17) is 0 Å². The van der Waals surface area contributed by atoms with Crippen LogP contribution in [0.4, 0.5) is 0 Å². The maximum absolute atomic E-state index is 11.9. The lowest BCUT2D eigenvalue weighted by Crippen LogP contribution is -2.37. The van der Waals surface area contributed by atoms with E-state index in [1.807, 2.05) is 18.5 Å². The van der Waals surface area contributed by atoms with Crippen molar-refractivity contribution in [2.24, 2.45) is 5.92 Å². The number of nitrogens with zero attached hydrogens (tertiary/aromatic N) is 2. The van der Waals surface area contributed by atoms with E-state index in [9.17, 15) is 4.79 Å². The van der Waals surface area contributed by atoms with Gasteiger partial charge in [-0.2, -0.15) is 0 Å². The van der Waals surface area contributed by atoms with Crippen molar-refractivity contribution in [3.05, 3.63) is 30.1 Å². The molecule has 1 saturated carbocycles. The van der Waals surface area contributed by atoms with Gasteiger partial charge in [0.15, 0.2) is 0 Å². The number of carbonyl (C=O) groups excluding carboxylic acids is 1. The number of pyridine rings is 1. The summed E-state index contributed by atoms with van der Waals surface area (Å²) >= 11 is 0. The van der Waals surface area contributed by atoms with E-state index in [1.165, 1.54) is 18.4 Å². The number of rotatable bonds is 3. The average molecular weight is 244 g/mol. The van der Waals surface area contributed by atoms with Gasteiger partial charge in [-0.25, -0.2) is 0 Å². The lowest BCUT2D eigenvalue weighted by atomic mass is 9.95. The van der Waals surface area contributed by atoms with Crippen LogP contribution in [0.3, 0.4) is 0 Å². The molecule has 3 heteroatoms. The third-order valence-corrected chi connectivity index (χ3v) is 4.34. The van der Waals surface area contributed by atoms with Crippen molar-refractivity contribution in [3.63, 3.8) is 0 Å². The Bertz CT molecular complexity index is 418. The zero-order valence-corrected chi connectivity index (χ0v) is 10.7. The minimum absolute atomic E-state index is 0.309. The van der Waals surface area contributed by atoms with Gasteiger partial charge in [-0.05, 0) is 43.9 Å². The number of Topliss-reactive ketones (excluding diaryl/α,β-unsaturated/α-hetero) is 1. The molecule has 2 fully saturated rings. The Balaban J connectivity index is 1.69. The molecule has 2 unspecified atom stereocenters. The molecule has 3 nitrogen and oxygen atoms in total. The summed E-state index contributed by atoms with van der Waals surface area (Å²) in [6, 6.07) is 4.60. The zero-order chi connectivity index (χ0) is 12.4. The molecule has 1 aliphatic carbocycles. The Kier molecular flexibility index (Phi) is 3.41. The Morgan fingerprint density at radius 1 is 1.33 bits per heavy atom. The number of aromatic nitrogens is 1. The van der Waals surface area contributed by atoms with Gasteiger partial charge in [-0.15, -0.1) is 0 Å². The highest BCUT2D eigenvalue weighted by Gasteiger charge is 2.37. The number of ketones is 1. The second-order valence-electron chi connectivity index (χ2n) is 5.51. The number of hydrogen-bond acceptors (Lipinski definition) is 3. The van der Waals surface area contributed by atoms with Crippen LogP contribution in [0.2, 0.25) is 0 Å². The summed E-state index contributed by atoms with van der Waals surface area (Å²) in [4.78, 5) is 18.6. The highest BCUT2D eigenvalue weighted by molar-refractivity contribution is 5.83. The molecule has 0 aromatic carbocycles. The van der Waals surface area contributed by atoms with Gasteiger partial charge >= 0.3 is 0 Å². The second-order valence-corrected chi connectivity index (χ2v) is 5.51. The fourth-order valence-electron chi connectivity index (χ4n) is 3.48. The van der Waals surface area contributed by atoms with E-state index in [1.54, 1.807) is 0 Å². The number of carbonyl (C=O) groups is 1. The van der Waals surface area contributed by atoms with Crippen LogP contribution in [0, 0.1) is 5.92 Å². The molecular formula is C15H20N2O. The van der Waals surface area contributed by atoms with Crippen molar-refractivity contribution in [1.29, 1.82) is 0 Å². The van der Waals surface area contributed by atoms with Gasteiger partial charge in [0.05, 0.1) is 0 Å². The summed E-state index contributed by atoms with van der Waals surface area (Å²) in [6.45, 7) is 2.08. The molecule has 1 saturated heterocycles. The molecule has 0 N–H and O–H groups in total. The molecular weight excluding hydrogens is 224 g/mol. The topological polar surface area (TPSA) is 33.2 Å². The van der Waals surface area contributed by atoms with Crippen LogP contribution in [0.1, 0.15) is 37.7 Å². The summed E-state index contributed by atoms with van der Waals surface area (Å²) in [7, 11) is 0. The van der Waals surface area contributed by atoms with Gasteiger partial charge < -0.3 is 0 Å². The number of hydrogen-bond donors (Lipinski definition) is 0. The smallest absolute Gasteiger partial charge is 0.137 e. The molecule has 1 aromatic heterocycles. The molecule has 3 rings (SSSR count). The molecule has 96 valence electrons. The van der Waals surface area contributed by atoms with Gasteiger partial charge in [0, 0.05) is 37.3 Å². The summed E-state index contributed by atoms with van der Waals surface area (Å²) in [5.41, 5.74) is 1.26. The molecule has 1 aliphatic heterocycles. The van der Waals surface area contributed by atoms with E-state index in [0.717, 1.165) is 32.4 Å². The minimum atomic E-state index is 0.309. The fourth-order valence-corrected chi connectivity index (χ4v) is 3.48. The molecule has 0 amide bonds. The van der Waals surface area contributed by atoms with Crippen LogP contribution in [-0.2, 0) is 11.3 Å². The predicted molar refractivity (Wildman–Crippen MR) is 70.0 cm³/mol. The highest BCUT2D eigenvalue weighted by Crippen LogP contribution is 2.33. The first kappa shape index (κ1) is 11.8. The predicted octanol–water partition coefficient (Wildman–Crippen LogP) is 2.42. The molecule has 2 heterocycles. The first-order chi connectivity index (χ1) is 8.84. The van der Waals surface area contributed by atoms with Crippen LogP contribution in [0.25, 0.3) is 0 Å². The zero-order valence-electron chi connectivity index (χ0n) is 10.7. The SMILES string of the molecule is O=C1CCCC1C1CCCN1Cc1cccnc1. The van der Waals surface area contributed by atoms with Crippen LogP contribution < -0.4 is 0 Å². The van der Waals surface area contributed by atoms with Crippen molar-refractivity contribution < 1.29 is 4.79 Å². The van der Waals surface area contributed by atoms with Gasteiger partial charge in [-0.3, -0.25) is 14.7 Å². The Morgan fingerprint density at radius 3 is 3.00 bits per heavy atom. The molecule has 18 heavy (non-hydrogen) atoms. The van der Waals surface area contributed by atoms with Crippen LogP contribution in [-0.4, -0.2) is 28.3 Å². The van der Waals surface area contributed by atoms with E-state index in [0.29, 0.717) is 17.7 Å². The fraction of sp³-hybridized carbons (Fsp3) is 0.600. The normalized spacial score (nSPS) is 29.0. The molecule has 0 bridgehead atoms.